The Kier molecular flexibility index (Phi) is 7.57. The number of ketones is 1. The SMILES string of the molecule is CC1(C)O[C@@H]2CC[C@@H](CO[Si](c3ccccc3)(c3ccccc3)C(C)(C)C)[C@H]3CC[C@@H]4[C@H](C5OCCO5)CC[C@@H]1[C@]42C3=O. The molecule has 2 bridgehead atoms. The fraction of sp³-hybridized carbons (Fsp3) is 0.649. The van der Waals surface area contributed by atoms with E-state index in [-0.39, 0.29) is 52.6 Å². The van der Waals surface area contributed by atoms with Crippen molar-refractivity contribution in [2.24, 2.45) is 35.0 Å². The number of hydrogen-bond acceptors (Lipinski definition) is 5. The van der Waals surface area contributed by atoms with E-state index in [9.17, 15) is 0 Å². The quantitative estimate of drug-likeness (QED) is 0.373. The van der Waals surface area contributed by atoms with E-state index >= 15 is 4.79 Å². The molecule has 0 unspecified atom stereocenters. The summed E-state index contributed by atoms with van der Waals surface area (Å²) in [6.07, 6.45) is 5.73. The molecule has 5 fully saturated rings. The summed E-state index contributed by atoms with van der Waals surface area (Å²) in [7, 11) is -2.69. The molecular weight excluding hydrogens is 552 g/mol. The van der Waals surface area contributed by atoms with Crippen molar-refractivity contribution in [3.8, 4) is 0 Å². The van der Waals surface area contributed by atoms with Gasteiger partial charge < -0.3 is 18.6 Å². The largest absolute Gasteiger partial charge is 0.407 e. The summed E-state index contributed by atoms with van der Waals surface area (Å²) in [5.74, 6) is 1.47. The van der Waals surface area contributed by atoms with Gasteiger partial charge in [-0.25, -0.2) is 0 Å². The normalized spacial score (nSPS) is 35.9. The number of carbonyl (C=O) groups is 1. The predicted molar refractivity (Wildman–Crippen MR) is 171 cm³/mol. The molecule has 7 atom stereocenters. The molecule has 5 nitrogen and oxygen atoms in total. The van der Waals surface area contributed by atoms with Gasteiger partial charge in [0.15, 0.2) is 6.29 Å². The number of ether oxygens (including phenoxy) is 3. The Hall–Kier alpha value is -1.83. The summed E-state index contributed by atoms with van der Waals surface area (Å²) < 4.78 is 26.6. The molecule has 2 aromatic carbocycles. The van der Waals surface area contributed by atoms with Gasteiger partial charge in [0.25, 0.3) is 8.32 Å². The minimum absolute atomic E-state index is 0.0172. The lowest BCUT2D eigenvalue weighted by molar-refractivity contribution is -0.178. The molecule has 3 aliphatic carbocycles. The molecule has 2 aliphatic heterocycles. The van der Waals surface area contributed by atoms with Crippen LogP contribution in [0.15, 0.2) is 60.7 Å². The summed E-state index contributed by atoms with van der Waals surface area (Å²) in [5, 5.41) is 2.50. The van der Waals surface area contributed by atoms with E-state index < -0.39 is 13.7 Å². The van der Waals surface area contributed by atoms with Gasteiger partial charge in [-0.05, 0) is 79.6 Å². The number of fused-ring (bicyclic) bond motifs is 1. The van der Waals surface area contributed by atoms with Crippen LogP contribution in [0.2, 0.25) is 5.04 Å². The van der Waals surface area contributed by atoms with Crippen molar-refractivity contribution in [1.82, 2.24) is 0 Å². The first-order valence-corrected chi connectivity index (χ1v) is 18.7. The predicted octanol–water partition coefficient (Wildman–Crippen LogP) is 6.13. The first kappa shape index (κ1) is 29.9. The van der Waals surface area contributed by atoms with E-state index in [1.165, 1.54) is 10.4 Å². The Balaban J connectivity index is 1.24. The summed E-state index contributed by atoms with van der Waals surface area (Å²) in [4.78, 5) is 15.2. The number of carbonyl (C=O) groups excluding carboxylic acids is 1. The minimum atomic E-state index is -2.69. The molecule has 2 aromatic rings. The maximum absolute atomic E-state index is 15.2. The molecule has 0 amide bonds. The highest BCUT2D eigenvalue weighted by Crippen LogP contribution is 2.68. The third-order valence-electron chi connectivity index (χ3n) is 12.2. The van der Waals surface area contributed by atoms with Crippen molar-refractivity contribution < 1.29 is 23.4 Å². The van der Waals surface area contributed by atoms with E-state index in [0.717, 1.165) is 38.5 Å². The number of rotatable bonds is 6. The molecule has 0 aromatic heterocycles. The first-order valence-electron chi connectivity index (χ1n) is 16.8. The van der Waals surface area contributed by atoms with Crippen LogP contribution in [0.5, 0.6) is 0 Å². The number of Topliss-reactive ketones (excluding diaryl/α,β-unsaturated/α-hetero) is 1. The van der Waals surface area contributed by atoms with Crippen LogP contribution in [0.25, 0.3) is 0 Å². The second-order valence-corrected chi connectivity index (χ2v) is 19.8. The summed E-state index contributed by atoms with van der Waals surface area (Å²) in [6.45, 7) is 13.4. The maximum Gasteiger partial charge on any atom is 0.261 e. The molecule has 0 N–H and O–H groups in total. The lowest BCUT2D eigenvalue weighted by Gasteiger charge is -2.55. The standard InChI is InChI=1S/C37H50O5Si/c1-35(2,3)43(26-12-8-6-9-13-26,27-14-10-7-11-15-27)41-24-25-16-21-32-37-30(19-17-28(25)33(37)38)29(34-39-22-23-40-34)18-20-31(37)36(4,5)42-32/h6-15,25,28-32,34H,16-24H2,1-5H3/t25-,28+,29+,30+,31-,32+,37+/m0/s1. The maximum atomic E-state index is 15.2. The summed E-state index contributed by atoms with van der Waals surface area (Å²) in [6, 6.07) is 21.8. The third-order valence-corrected chi connectivity index (χ3v) is 17.2. The fourth-order valence-corrected chi connectivity index (χ4v) is 15.2. The first-order chi connectivity index (χ1) is 20.6. The van der Waals surface area contributed by atoms with Crippen molar-refractivity contribution in [2.75, 3.05) is 19.8 Å². The smallest absolute Gasteiger partial charge is 0.261 e. The fourth-order valence-electron chi connectivity index (χ4n) is 10.6. The van der Waals surface area contributed by atoms with Gasteiger partial charge in [-0.3, -0.25) is 4.79 Å². The lowest BCUT2D eigenvalue weighted by atomic mass is 9.46. The van der Waals surface area contributed by atoms with E-state index in [2.05, 4.69) is 95.3 Å². The Labute approximate surface area is 259 Å². The second-order valence-electron chi connectivity index (χ2n) is 15.5. The Morgan fingerprint density at radius 1 is 0.837 bits per heavy atom. The lowest BCUT2D eigenvalue weighted by Crippen LogP contribution is -2.67. The van der Waals surface area contributed by atoms with Crippen molar-refractivity contribution >= 4 is 24.5 Å². The van der Waals surface area contributed by atoms with Crippen LogP contribution >= 0.6 is 0 Å². The molecule has 2 heterocycles. The van der Waals surface area contributed by atoms with Crippen LogP contribution in [0.4, 0.5) is 0 Å². The molecule has 5 aliphatic rings. The van der Waals surface area contributed by atoms with Crippen LogP contribution in [-0.4, -0.2) is 51.9 Å². The van der Waals surface area contributed by atoms with Gasteiger partial charge in [-0.2, -0.15) is 0 Å². The molecular formula is C37H50O5Si. The van der Waals surface area contributed by atoms with Crippen molar-refractivity contribution in [2.45, 2.75) is 96.2 Å². The monoisotopic (exact) mass is 602 g/mol. The Morgan fingerprint density at radius 3 is 2.07 bits per heavy atom. The second kappa shape index (κ2) is 10.9. The van der Waals surface area contributed by atoms with Gasteiger partial charge in [0.2, 0.25) is 0 Å². The number of hydrogen-bond donors (Lipinski definition) is 0. The molecule has 0 radical (unpaired) electrons. The number of benzene rings is 2. The highest BCUT2D eigenvalue weighted by Gasteiger charge is 2.72. The topological polar surface area (TPSA) is 54.0 Å². The van der Waals surface area contributed by atoms with E-state index in [4.69, 9.17) is 18.6 Å². The van der Waals surface area contributed by atoms with Crippen molar-refractivity contribution in [3.05, 3.63) is 60.7 Å². The van der Waals surface area contributed by atoms with Crippen molar-refractivity contribution in [3.63, 3.8) is 0 Å². The Bertz CT molecular complexity index is 1260. The molecule has 1 spiro atoms. The van der Waals surface area contributed by atoms with E-state index in [0.29, 0.717) is 25.6 Å². The molecule has 232 valence electrons. The molecule has 6 heteroatoms. The summed E-state index contributed by atoms with van der Waals surface area (Å²) >= 11 is 0. The van der Waals surface area contributed by atoms with E-state index in [1.807, 2.05) is 0 Å². The van der Waals surface area contributed by atoms with Gasteiger partial charge in [0.1, 0.15) is 5.78 Å². The van der Waals surface area contributed by atoms with Crippen LogP contribution in [0.3, 0.4) is 0 Å². The molecule has 7 rings (SSSR count). The summed E-state index contributed by atoms with van der Waals surface area (Å²) in [5.41, 5.74) is -0.724. The zero-order valence-electron chi connectivity index (χ0n) is 26.7. The van der Waals surface area contributed by atoms with Crippen LogP contribution in [-0.2, 0) is 23.4 Å². The Morgan fingerprint density at radius 2 is 1.47 bits per heavy atom. The minimum Gasteiger partial charge on any atom is -0.407 e. The third kappa shape index (κ3) is 4.49. The van der Waals surface area contributed by atoms with Crippen LogP contribution in [0, 0.1) is 35.0 Å². The zero-order valence-corrected chi connectivity index (χ0v) is 27.7. The van der Waals surface area contributed by atoms with Gasteiger partial charge in [-0.1, -0.05) is 81.4 Å². The molecule has 3 saturated carbocycles. The van der Waals surface area contributed by atoms with Crippen LogP contribution < -0.4 is 10.4 Å². The zero-order chi connectivity index (χ0) is 30.0. The van der Waals surface area contributed by atoms with Gasteiger partial charge >= 0.3 is 0 Å². The van der Waals surface area contributed by atoms with Crippen molar-refractivity contribution in [1.29, 1.82) is 0 Å². The highest BCUT2D eigenvalue weighted by atomic mass is 28.4. The van der Waals surface area contributed by atoms with Gasteiger partial charge in [0, 0.05) is 24.4 Å². The van der Waals surface area contributed by atoms with Gasteiger partial charge in [-0.15, -0.1) is 0 Å². The average Bonchev–Trinajstić information content (AvgIpc) is 3.59. The molecule has 43 heavy (non-hydrogen) atoms. The van der Waals surface area contributed by atoms with Crippen LogP contribution in [0.1, 0.15) is 73.1 Å². The average molecular weight is 603 g/mol. The molecule has 2 saturated heterocycles. The highest BCUT2D eigenvalue weighted by molar-refractivity contribution is 6.99. The van der Waals surface area contributed by atoms with E-state index in [1.54, 1.807) is 0 Å². The van der Waals surface area contributed by atoms with Gasteiger partial charge in [0.05, 0.1) is 30.3 Å².